The largest absolute Gasteiger partial charge is 0.325 e. The monoisotopic (exact) mass is 400 g/mol. The molecule has 2 bridgehead atoms. The molecule has 140 valence electrons. The van der Waals surface area contributed by atoms with Crippen LogP contribution in [0.1, 0.15) is 44.2 Å². The molecule has 0 spiro atoms. The quantitative estimate of drug-likeness (QED) is 0.345. The van der Waals surface area contributed by atoms with Crippen LogP contribution in [0.25, 0.3) is 0 Å². The van der Waals surface area contributed by atoms with Crippen molar-refractivity contribution in [3.63, 3.8) is 0 Å². The highest BCUT2D eigenvalue weighted by atomic mass is 35.5. The van der Waals surface area contributed by atoms with Crippen LogP contribution in [0.3, 0.4) is 0 Å². The molecule has 1 aliphatic heterocycles. The van der Waals surface area contributed by atoms with Crippen LogP contribution in [0, 0.1) is 16.7 Å². The molecule has 0 radical (unpaired) electrons. The minimum absolute atomic E-state index is 0.0558. The number of anilines is 1. The molecule has 1 aromatic carbocycles. The smallest absolute Gasteiger partial charge is 0.232 e. The average Bonchev–Trinajstić information content (AvgIpc) is 2.95. The molecule has 1 heterocycles. The summed E-state index contributed by atoms with van der Waals surface area (Å²) in [5.74, 6) is -1.03. The lowest BCUT2D eigenvalue weighted by atomic mass is 9.53. The van der Waals surface area contributed by atoms with E-state index >= 15 is 0 Å². The zero-order valence-electron chi connectivity index (χ0n) is 15.5. The number of halogens is 1. The van der Waals surface area contributed by atoms with Crippen LogP contribution in [0.15, 0.2) is 35.8 Å². The van der Waals surface area contributed by atoms with Crippen molar-refractivity contribution in [3.8, 4) is 0 Å². The molecule has 1 aromatic rings. The van der Waals surface area contributed by atoms with Gasteiger partial charge in [-0.15, -0.1) is 18.2 Å². The van der Waals surface area contributed by atoms with Gasteiger partial charge in [-0.05, 0) is 41.2 Å². The number of ketones is 1. The summed E-state index contributed by atoms with van der Waals surface area (Å²) in [5.41, 5.74) is -0.566. The van der Waals surface area contributed by atoms with Crippen LogP contribution in [-0.2, 0) is 15.1 Å². The summed E-state index contributed by atoms with van der Waals surface area (Å²) in [6.07, 6.45) is 2.17. The molecule has 27 heavy (non-hydrogen) atoms. The van der Waals surface area contributed by atoms with E-state index in [2.05, 4.69) is 22.0 Å². The van der Waals surface area contributed by atoms with E-state index in [1.807, 2.05) is 39.0 Å². The van der Waals surface area contributed by atoms with Gasteiger partial charge in [-0.1, -0.05) is 39.0 Å². The lowest BCUT2D eigenvalue weighted by molar-refractivity contribution is -0.141. The van der Waals surface area contributed by atoms with Crippen molar-refractivity contribution in [3.05, 3.63) is 42.0 Å². The molecule has 4 nitrogen and oxygen atoms in total. The van der Waals surface area contributed by atoms with Gasteiger partial charge in [-0.3, -0.25) is 9.59 Å². The van der Waals surface area contributed by atoms with Crippen molar-refractivity contribution in [2.24, 2.45) is 21.7 Å². The molecule has 5 atom stereocenters. The van der Waals surface area contributed by atoms with E-state index in [0.717, 1.165) is 11.3 Å². The number of Topliss-reactive ketones (excluding diaryl/α,β-unsaturated/α-hetero) is 1. The van der Waals surface area contributed by atoms with Gasteiger partial charge >= 0.3 is 0 Å². The number of hydrogen-bond acceptors (Lipinski definition) is 4. The highest BCUT2D eigenvalue weighted by Gasteiger charge is 2.69. The van der Waals surface area contributed by atoms with E-state index in [0.29, 0.717) is 12.0 Å². The van der Waals surface area contributed by atoms with Crippen molar-refractivity contribution in [2.45, 2.75) is 44.0 Å². The maximum atomic E-state index is 14.0. The number of benzene rings is 1. The lowest BCUT2D eigenvalue weighted by Gasteiger charge is -2.52. The van der Waals surface area contributed by atoms with Gasteiger partial charge in [-0.25, -0.2) is 4.99 Å². The zero-order chi connectivity index (χ0) is 19.8. The Balaban J connectivity index is 2.22. The number of alkyl halides is 1. The van der Waals surface area contributed by atoms with Crippen LogP contribution in [-0.4, -0.2) is 22.2 Å². The Kier molecular flexibility index (Phi) is 3.85. The molecule has 0 unspecified atom stereocenters. The van der Waals surface area contributed by atoms with E-state index < -0.39 is 28.2 Å². The van der Waals surface area contributed by atoms with Crippen molar-refractivity contribution in [1.82, 2.24) is 0 Å². The van der Waals surface area contributed by atoms with Crippen molar-refractivity contribution in [1.29, 1.82) is 0 Å². The predicted octanol–water partition coefficient (Wildman–Crippen LogP) is 4.45. The van der Waals surface area contributed by atoms with Crippen molar-refractivity contribution in [2.75, 3.05) is 5.32 Å². The normalized spacial score (nSPS) is 38.3. The van der Waals surface area contributed by atoms with Gasteiger partial charge in [0.05, 0.1) is 11.1 Å². The first-order valence-electron chi connectivity index (χ1n) is 9.02. The standard InChI is InChI=1S/C21H21ClN2O2S/c1-5-20(4)14(22)9-12-17(25)21(20,23-10-27)11-7-6-8-13-15(11)16(18(26)24-13)19(12,2)3/h5-8,12,14,16H,1,9H2,2-4H3,(H,24,26)/t12-,14+,16-,20+,21+/m0/s1. The van der Waals surface area contributed by atoms with E-state index in [-0.39, 0.29) is 17.1 Å². The minimum Gasteiger partial charge on any atom is -0.325 e. The summed E-state index contributed by atoms with van der Waals surface area (Å²) in [6.45, 7) is 9.84. The molecule has 2 aliphatic carbocycles. The second-order valence-corrected chi connectivity index (χ2v) is 9.24. The molecule has 1 saturated carbocycles. The first kappa shape index (κ1) is 18.5. The second-order valence-electron chi connectivity index (χ2n) is 8.53. The fourth-order valence-corrected chi connectivity index (χ4v) is 6.06. The van der Waals surface area contributed by atoms with Gasteiger partial charge in [0.1, 0.15) is 0 Å². The fraction of sp³-hybridized carbons (Fsp3) is 0.476. The molecule has 0 saturated heterocycles. The number of aliphatic imine (C=N–C) groups is 1. The second kappa shape index (κ2) is 5.60. The van der Waals surface area contributed by atoms with E-state index in [1.165, 1.54) is 0 Å². The summed E-state index contributed by atoms with van der Waals surface area (Å²) in [4.78, 5) is 31.5. The van der Waals surface area contributed by atoms with E-state index in [4.69, 9.17) is 23.8 Å². The maximum Gasteiger partial charge on any atom is 0.232 e. The Bertz CT molecular complexity index is 952. The summed E-state index contributed by atoms with van der Waals surface area (Å²) in [6, 6.07) is 5.57. The Labute approximate surface area is 169 Å². The first-order valence-corrected chi connectivity index (χ1v) is 9.86. The molecule has 1 N–H and O–H groups in total. The fourth-order valence-electron chi connectivity index (χ4n) is 5.50. The molecule has 3 aliphatic rings. The third-order valence-corrected chi connectivity index (χ3v) is 7.85. The Morgan fingerprint density at radius 2 is 2.07 bits per heavy atom. The van der Waals surface area contributed by atoms with Crippen LogP contribution < -0.4 is 5.32 Å². The molecular formula is C21H21ClN2O2S. The van der Waals surface area contributed by atoms with Gasteiger partial charge < -0.3 is 5.32 Å². The van der Waals surface area contributed by atoms with Crippen molar-refractivity contribution < 1.29 is 9.59 Å². The third-order valence-electron chi connectivity index (χ3n) is 7.13. The summed E-state index contributed by atoms with van der Waals surface area (Å²) in [5, 5.41) is 5.06. The summed E-state index contributed by atoms with van der Waals surface area (Å²) >= 11 is 11.9. The number of fused-ring (bicyclic) bond motifs is 3. The van der Waals surface area contributed by atoms with Crippen molar-refractivity contribution >= 4 is 46.4 Å². The number of nitrogens with one attached hydrogen (secondary N) is 1. The predicted molar refractivity (Wildman–Crippen MR) is 109 cm³/mol. The van der Waals surface area contributed by atoms with Gasteiger partial charge in [0.15, 0.2) is 11.3 Å². The highest BCUT2D eigenvalue weighted by Crippen LogP contribution is 2.65. The third kappa shape index (κ3) is 1.95. The number of thiocarbonyl (C=S) groups is 1. The average molecular weight is 401 g/mol. The van der Waals surface area contributed by atoms with Gasteiger partial charge in [0.2, 0.25) is 5.91 Å². The summed E-state index contributed by atoms with van der Waals surface area (Å²) < 4.78 is 0. The molecular weight excluding hydrogens is 380 g/mol. The topological polar surface area (TPSA) is 58.5 Å². The Morgan fingerprint density at radius 3 is 2.70 bits per heavy atom. The van der Waals surface area contributed by atoms with Crippen LogP contribution >= 0.6 is 23.8 Å². The zero-order valence-corrected chi connectivity index (χ0v) is 17.1. The van der Waals surface area contributed by atoms with Crippen LogP contribution in [0.4, 0.5) is 5.69 Å². The van der Waals surface area contributed by atoms with Crippen LogP contribution in [0.5, 0.6) is 0 Å². The first-order chi connectivity index (χ1) is 12.7. The number of isothiocyanates is 1. The summed E-state index contributed by atoms with van der Waals surface area (Å²) in [7, 11) is 0. The molecule has 0 aromatic heterocycles. The molecule has 6 heteroatoms. The van der Waals surface area contributed by atoms with E-state index in [1.54, 1.807) is 6.08 Å². The number of rotatable bonds is 2. The highest BCUT2D eigenvalue weighted by molar-refractivity contribution is 7.78. The van der Waals surface area contributed by atoms with Gasteiger partial charge in [0.25, 0.3) is 0 Å². The molecule has 1 fully saturated rings. The Morgan fingerprint density at radius 1 is 1.37 bits per heavy atom. The molecule has 4 rings (SSSR count). The van der Waals surface area contributed by atoms with Crippen LogP contribution in [0.2, 0.25) is 0 Å². The van der Waals surface area contributed by atoms with Gasteiger partial charge in [0, 0.05) is 22.4 Å². The number of nitrogens with zero attached hydrogens (tertiary/aromatic N) is 1. The minimum atomic E-state index is -1.34. The number of hydrogen-bond donors (Lipinski definition) is 1. The number of carbonyl (C=O) groups excluding carboxylic acids is 2. The Hall–Kier alpha value is -1.81. The number of carbonyl (C=O) groups is 2. The SMILES string of the molecule is C=C[C@]1(C)[C@H](Cl)C[C@H]2C(=O)[C@]1(N=C=S)c1cccc3c1[C@@H](C(=O)N3)C2(C)C. The lowest BCUT2D eigenvalue weighted by Crippen LogP contribution is -2.60. The van der Waals surface area contributed by atoms with E-state index in [9.17, 15) is 9.59 Å². The molecule has 1 amide bonds. The van der Waals surface area contributed by atoms with Gasteiger partial charge in [-0.2, -0.15) is 0 Å². The maximum absolute atomic E-state index is 14.0. The number of amides is 1.